The summed E-state index contributed by atoms with van der Waals surface area (Å²) in [6.07, 6.45) is 9.92. The molecule has 6 heteroatoms. The van der Waals surface area contributed by atoms with E-state index in [1.165, 1.54) is 37.8 Å². The summed E-state index contributed by atoms with van der Waals surface area (Å²) in [5.74, 6) is 1.74. The fourth-order valence-corrected chi connectivity index (χ4v) is 6.58. The van der Waals surface area contributed by atoms with Crippen molar-refractivity contribution in [2.75, 3.05) is 31.6 Å². The molecule has 1 aromatic rings. The Balaban J connectivity index is 1.30. The average Bonchev–Trinajstić information content (AvgIpc) is 2.78. The summed E-state index contributed by atoms with van der Waals surface area (Å²) in [6, 6.07) is 6.37. The van der Waals surface area contributed by atoms with Gasteiger partial charge in [-0.3, -0.25) is 14.5 Å². The predicted octanol–water partition coefficient (Wildman–Crippen LogP) is 3.05. The van der Waals surface area contributed by atoms with E-state index in [-0.39, 0.29) is 24.5 Å². The van der Waals surface area contributed by atoms with Crippen molar-refractivity contribution in [1.82, 2.24) is 9.80 Å². The second-order valence-corrected chi connectivity index (χ2v) is 9.55. The van der Waals surface area contributed by atoms with Crippen LogP contribution in [0.5, 0.6) is 5.75 Å². The van der Waals surface area contributed by atoms with Crippen LogP contribution in [0.4, 0.5) is 5.69 Å². The van der Waals surface area contributed by atoms with Crippen LogP contribution in [-0.4, -0.2) is 59.9 Å². The van der Waals surface area contributed by atoms with Crippen molar-refractivity contribution in [3.8, 4) is 5.75 Å². The standard InChI is InChI=1S/C24H29N3O3/c28-22-14-30-21-7-6-16(12-19(21)25-22)24(29)27-9-3-4-15-10-17-11-18(23(15)27)13-26-8-2-1-5-20(17)26/h6-7,10,12,17-18,20,23H,1-5,8-9,11,13-14H2,(H,25,28)/t17-,18-,20?,23+/m0/s1. The third-order valence-corrected chi connectivity index (χ3v) is 7.78. The highest BCUT2D eigenvalue weighted by atomic mass is 16.5. The molecule has 2 bridgehead atoms. The molecule has 4 aliphatic heterocycles. The van der Waals surface area contributed by atoms with Gasteiger partial charge < -0.3 is 15.0 Å². The molecule has 2 amide bonds. The van der Waals surface area contributed by atoms with Gasteiger partial charge in [-0.1, -0.05) is 18.1 Å². The lowest BCUT2D eigenvalue weighted by Gasteiger charge is -2.54. The van der Waals surface area contributed by atoms with Crippen molar-refractivity contribution in [3.63, 3.8) is 0 Å². The second-order valence-electron chi connectivity index (χ2n) is 9.55. The van der Waals surface area contributed by atoms with Crippen LogP contribution in [-0.2, 0) is 4.79 Å². The quantitative estimate of drug-likeness (QED) is 0.727. The van der Waals surface area contributed by atoms with E-state index in [1.54, 1.807) is 12.1 Å². The SMILES string of the molecule is O=C1COc2ccc(C(=O)N3CCCC4=C[C@H]5C[C@@H](CN6CCCCC56)[C@@H]43)cc2N1. The number of benzene rings is 1. The number of fused-ring (bicyclic) bond motifs is 7. The molecular weight excluding hydrogens is 378 g/mol. The van der Waals surface area contributed by atoms with Crippen LogP contribution in [0.1, 0.15) is 48.9 Å². The van der Waals surface area contributed by atoms with Gasteiger partial charge >= 0.3 is 0 Å². The Morgan fingerprint density at radius 3 is 3.03 bits per heavy atom. The van der Waals surface area contributed by atoms with E-state index in [0.717, 1.165) is 32.0 Å². The summed E-state index contributed by atoms with van der Waals surface area (Å²) >= 11 is 0. The first-order valence-electron chi connectivity index (χ1n) is 11.5. The summed E-state index contributed by atoms with van der Waals surface area (Å²) in [6.45, 7) is 3.18. The number of piperidine rings is 3. The summed E-state index contributed by atoms with van der Waals surface area (Å²) in [4.78, 5) is 30.1. The van der Waals surface area contributed by atoms with Gasteiger partial charge in [0.05, 0.1) is 11.7 Å². The van der Waals surface area contributed by atoms with Crippen molar-refractivity contribution in [1.29, 1.82) is 0 Å². The minimum absolute atomic E-state index is 0.0307. The van der Waals surface area contributed by atoms with Crippen molar-refractivity contribution < 1.29 is 14.3 Å². The molecule has 1 aromatic carbocycles. The lowest BCUT2D eigenvalue weighted by atomic mass is 9.68. The Labute approximate surface area is 177 Å². The van der Waals surface area contributed by atoms with E-state index in [1.807, 2.05) is 6.07 Å². The molecule has 0 aromatic heterocycles. The first kappa shape index (κ1) is 18.4. The zero-order chi connectivity index (χ0) is 20.2. The Morgan fingerprint density at radius 2 is 2.10 bits per heavy atom. The maximum Gasteiger partial charge on any atom is 0.262 e. The van der Waals surface area contributed by atoms with Gasteiger partial charge in [0.2, 0.25) is 0 Å². The Hall–Kier alpha value is -2.34. The Morgan fingerprint density at radius 1 is 1.17 bits per heavy atom. The first-order valence-corrected chi connectivity index (χ1v) is 11.5. The van der Waals surface area contributed by atoms with Crippen LogP contribution in [0, 0.1) is 11.8 Å². The number of rotatable bonds is 1. The van der Waals surface area contributed by atoms with Gasteiger partial charge in [0.1, 0.15) is 5.75 Å². The van der Waals surface area contributed by atoms with Crippen LogP contribution in [0.2, 0.25) is 0 Å². The largest absolute Gasteiger partial charge is 0.482 e. The smallest absolute Gasteiger partial charge is 0.262 e. The molecule has 0 radical (unpaired) electrons. The fraction of sp³-hybridized carbons (Fsp3) is 0.583. The number of likely N-dealkylation sites (tertiary alicyclic amines) is 1. The van der Waals surface area contributed by atoms with Crippen molar-refractivity contribution >= 4 is 17.5 Å². The topological polar surface area (TPSA) is 61.9 Å². The van der Waals surface area contributed by atoms with Gasteiger partial charge in [0, 0.05) is 24.7 Å². The molecule has 6 rings (SSSR count). The average molecular weight is 408 g/mol. The maximum absolute atomic E-state index is 13.6. The number of amides is 2. The van der Waals surface area contributed by atoms with E-state index in [2.05, 4.69) is 21.2 Å². The number of carbonyl (C=O) groups excluding carboxylic acids is 2. The van der Waals surface area contributed by atoms with Gasteiger partial charge in [-0.05, 0) is 68.7 Å². The molecule has 3 fully saturated rings. The molecule has 1 unspecified atom stereocenters. The number of carbonyl (C=O) groups is 2. The van der Waals surface area contributed by atoms with Gasteiger partial charge in [-0.2, -0.15) is 0 Å². The van der Waals surface area contributed by atoms with E-state index >= 15 is 0 Å². The van der Waals surface area contributed by atoms with E-state index in [9.17, 15) is 9.59 Å². The van der Waals surface area contributed by atoms with Crippen molar-refractivity contribution in [3.05, 3.63) is 35.4 Å². The van der Waals surface area contributed by atoms with E-state index in [4.69, 9.17) is 4.74 Å². The monoisotopic (exact) mass is 407 g/mol. The normalized spacial score (nSPS) is 32.7. The van der Waals surface area contributed by atoms with Crippen LogP contribution in [0.3, 0.4) is 0 Å². The molecule has 0 spiro atoms. The van der Waals surface area contributed by atoms with Gasteiger partial charge in [-0.15, -0.1) is 0 Å². The van der Waals surface area contributed by atoms with E-state index in [0.29, 0.717) is 28.8 Å². The molecule has 4 atom stereocenters. The highest BCUT2D eigenvalue weighted by molar-refractivity contribution is 6.00. The lowest BCUT2D eigenvalue weighted by molar-refractivity contribution is -0.118. The van der Waals surface area contributed by atoms with Gasteiger partial charge in [-0.25, -0.2) is 0 Å². The highest BCUT2D eigenvalue weighted by Crippen LogP contribution is 2.45. The minimum atomic E-state index is -0.174. The van der Waals surface area contributed by atoms with Crippen LogP contribution >= 0.6 is 0 Å². The molecule has 5 aliphatic rings. The number of ether oxygens (including phenoxy) is 1. The van der Waals surface area contributed by atoms with Crippen LogP contribution < -0.4 is 10.1 Å². The molecule has 4 heterocycles. The molecule has 1 N–H and O–H groups in total. The van der Waals surface area contributed by atoms with Crippen molar-refractivity contribution in [2.24, 2.45) is 11.8 Å². The maximum atomic E-state index is 13.6. The first-order chi connectivity index (χ1) is 14.7. The van der Waals surface area contributed by atoms with Gasteiger partial charge in [0.25, 0.3) is 11.8 Å². The minimum Gasteiger partial charge on any atom is -0.482 e. The summed E-state index contributed by atoms with van der Waals surface area (Å²) in [5.41, 5.74) is 2.73. The summed E-state index contributed by atoms with van der Waals surface area (Å²) in [5, 5.41) is 2.83. The number of hydrogen-bond donors (Lipinski definition) is 1. The second kappa shape index (κ2) is 7.12. The summed E-state index contributed by atoms with van der Waals surface area (Å²) in [7, 11) is 0. The summed E-state index contributed by atoms with van der Waals surface area (Å²) < 4.78 is 5.45. The van der Waals surface area contributed by atoms with Crippen LogP contribution in [0.25, 0.3) is 0 Å². The third-order valence-electron chi connectivity index (χ3n) is 7.78. The zero-order valence-electron chi connectivity index (χ0n) is 17.3. The number of nitrogens with one attached hydrogen (secondary N) is 1. The highest BCUT2D eigenvalue weighted by Gasteiger charge is 2.47. The zero-order valence-corrected chi connectivity index (χ0v) is 17.3. The molecule has 1 aliphatic carbocycles. The molecular formula is C24H29N3O3. The van der Waals surface area contributed by atoms with E-state index < -0.39 is 0 Å². The fourth-order valence-electron chi connectivity index (χ4n) is 6.58. The van der Waals surface area contributed by atoms with Crippen LogP contribution in [0.15, 0.2) is 29.8 Å². The van der Waals surface area contributed by atoms with Crippen molar-refractivity contribution in [2.45, 2.75) is 50.6 Å². The Kier molecular flexibility index (Phi) is 4.37. The third kappa shape index (κ3) is 2.96. The number of hydrogen-bond acceptors (Lipinski definition) is 4. The predicted molar refractivity (Wildman–Crippen MR) is 114 cm³/mol. The molecule has 3 saturated heterocycles. The molecule has 6 nitrogen and oxygen atoms in total. The lowest BCUT2D eigenvalue weighted by Crippen LogP contribution is -2.60. The Bertz CT molecular complexity index is 926. The molecule has 158 valence electrons. The number of nitrogens with zero attached hydrogens (tertiary/aromatic N) is 2. The molecule has 0 saturated carbocycles. The molecule has 30 heavy (non-hydrogen) atoms. The number of anilines is 1. The van der Waals surface area contributed by atoms with Gasteiger partial charge in [0.15, 0.2) is 6.61 Å².